The molecule has 5 rings (SSSR count). The minimum atomic E-state index is -0.376. The fourth-order valence-electron chi connectivity index (χ4n) is 5.68. The minimum Gasteiger partial charge on any atom is -0.461 e. The SMILES string of the molecule is CC1CCN(C(=O)c2cccc(NC(=O)[C@@H]3[C@H]4C[C@H]5[C@H](OC(=O)[C@@H]53)[C@H]4Br)c2)CC1. The molecular weight excluding hydrogens is 436 g/mol. The summed E-state index contributed by atoms with van der Waals surface area (Å²) in [4.78, 5) is 40.1. The quantitative estimate of drug-likeness (QED) is 0.555. The number of ether oxygens (including phenoxy) is 1. The monoisotopic (exact) mass is 460 g/mol. The molecule has 154 valence electrons. The van der Waals surface area contributed by atoms with Gasteiger partial charge in [0.25, 0.3) is 5.91 Å². The third kappa shape index (κ3) is 3.09. The van der Waals surface area contributed by atoms with E-state index in [2.05, 4.69) is 28.2 Å². The summed E-state index contributed by atoms with van der Waals surface area (Å²) in [5.74, 6) is -0.183. The first-order chi connectivity index (χ1) is 13.9. The second kappa shape index (κ2) is 7.11. The van der Waals surface area contributed by atoms with Crippen LogP contribution in [0.25, 0.3) is 0 Å². The zero-order chi connectivity index (χ0) is 20.3. The van der Waals surface area contributed by atoms with Gasteiger partial charge in [-0.1, -0.05) is 28.9 Å². The van der Waals surface area contributed by atoms with Crippen molar-refractivity contribution in [2.75, 3.05) is 18.4 Å². The predicted molar refractivity (Wildman–Crippen MR) is 111 cm³/mol. The highest BCUT2D eigenvalue weighted by atomic mass is 79.9. The average molecular weight is 461 g/mol. The molecule has 2 saturated heterocycles. The van der Waals surface area contributed by atoms with Crippen LogP contribution < -0.4 is 5.32 Å². The number of rotatable bonds is 3. The third-order valence-electron chi connectivity index (χ3n) is 7.27. The molecule has 0 unspecified atom stereocenters. The number of amides is 2. The maximum atomic E-state index is 13.1. The van der Waals surface area contributed by atoms with Gasteiger partial charge >= 0.3 is 5.97 Å². The molecule has 4 aliphatic rings. The number of piperidine rings is 1. The van der Waals surface area contributed by atoms with E-state index in [9.17, 15) is 14.4 Å². The summed E-state index contributed by atoms with van der Waals surface area (Å²) in [7, 11) is 0. The van der Waals surface area contributed by atoms with E-state index in [-0.39, 0.29) is 52.4 Å². The lowest BCUT2D eigenvalue weighted by molar-refractivity contribution is -0.145. The normalized spacial score (nSPS) is 35.7. The Balaban J connectivity index is 1.30. The molecule has 2 aliphatic heterocycles. The number of halogens is 1. The highest BCUT2D eigenvalue weighted by Gasteiger charge is 2.67. The lowest BCUT2D eigenvalue weighted by Gasteiger charge is -2.30. The molecule has 29 heavy (non-hydrogen) atoms. The first-order valence-corrected chi connectivity index (χ1v) is 11.4. The van der Waals surface area contributed by atoms with Crippen LogP contribution >= 0.6 is 15.9 Å². The van der Waals surface area contributed by atoms with Crippen molar-refractivity contribution in [2.45, 2.75) is 37.1 Å². The second-order valence-electron chi connectivity index (χ2n) is 9.01. The summed E-state index contributed by atoms with van der Waals surface area (Å²) in [6.07, 6.45) is 2.81. The molecule has 2 amide bonds. The van der Waals surface area contributed by atoms with Gasteiger partial charge in [-0.2, -0.15) is 0 Å². The summed E-state index contributed by atoms with van der Waals surface area (Å²) in [6.45, 7) is 3.77. The van der Waals surface area contributed by atoms with E-state index in [0.717, 1.165) is 32.4 Å². The van der Waals surface area contributed by atoms with E-state index < -0.39 is 0 Å². The number of anilines is 1. The first kappa shape index (κ1) is 19.1. The lowest BCUT2D eigenvalue weighted by atomic mass is 9.79. The minimum absolute atomic E-state index is 0.00987. The van der Waals surface area contributed by atoms with Gasteiger partial charge in [0.05, 0.1) is 16.7 Å². The largest absolute Gasteiger partial charge is 0.461 e. The van der Waals surface area contributed by atoms with E-state index in [0.29, 0.717) is 17.2 Å². The summed E-state index contributed by atoms with van der Waals surface area (Å²) in [6, 6.07) is 7.12. The molecular formula is C22H25BrN2O4. The van der Waals surface area contributed by atoms with Gasteiger partial charge in [-0.05, 0) is 49.3 Å². The van der Waals surface area contributed by atoms with Crippen molar-refractivity contribution in [1.29, 1.82) is 0 Å². The number of benzene rings is 1. The van der Waals surface area contributed by atoms with Crippen LogP contribution in [0.1, 0.15) is 36.5 Å². The number of nitrogens with one attached hydrogen (secondary N) is 1. The van der Waals surface area contributed by atoms with E-state index in [4.69, 9.17) is 4.74 Å². The van der Waals surface area contributed by atoms with Crippen molar-refractivity contribution in [1.82, 2.24) is 4.90 Å². The van der Waals surface area contributed by atoms with Gasteiger partial charge in [0.15, 0.2) is 0 Å². The fraction of sp³-hybridized carbons (Fsp3) is 0.591. The maximum Gasteiger partial charge on any atom is 0.310 e. The van der Waals surface area contributed by atoms with Gasteiger partial charge in [-0.25, -0.2) is 0 Å². The van der Waals surface area contributed by atoms with Gasteiger partial charge in [-0.3, -0.25) is 14.4 Å². The van der Waals surface area contributed by atoms with Crippen molar-refractivity contribution in [3.63, 3.8) is 0 Å². The second-order valence-corrected chi connectivity index (χ2v) is 10.1. The van der Waals surface area contributed by atoms with Crippen LogP contribution in [0.15, 0.2) is 24.3 Å². The zero-order valence-electron chi connectivity index (χ0n) is 16.3. The van der Waals surface area contributed by atoms with E-state index in [1.807, 2.05) is 4.90 Å². The summed E-state index contributed by atoms with van der Waals surface area (Å²) in [5, 5.41) is 2.96. The number of alkyl halides is 1. The molecule has 2 bridgehead atoms. The number of esters is 1. The third-order valence-corrected chi connectivity index (χ3v) is 8.47. The van der Waals surface area contributed by atoms with Crippen LogP contribution in [0.5, 0.6) is 0 Å². The zero-order valence-corrected chi connectivity index (χ0v) is 17.9. The highest BCUT2D eigenvalue weighted by molar-refractivity contribution is 9.09. The van der Waals surface area contributed by atoms with Crippen molar-refractivity contribution in [3.05, 3.63) is 29.8 Å². The van der Waals surface area contributed by atoms with Crippen LogP contribution in [0.4, 0.5) is 5.69 Å². The van der Waals surface area contributed by atoms with Gasteiger partial charge in [-0.15, -0.1) is 0 Å². The number of likely N-dealkylation sites (tertiary alicyclic amines) is 1. The molecule has 1 aromatic carbocycles. The van der Waals surface area contributed by atoms with Crippen LogP contribution in [-0.2, 0) is 14.3 Å². The molecule has 6 nitrogen and oxygen atoms in total. The summed E-state index contributed by atoms with van der Waals surface area (Å²) < 4.78 is 5.49. The van der Waals surface area contributed by atoms with Crippen molar-refractivity contribution in [3.8, 4) is 0 Å². The van der Waals surface area contributed by atoms with Gasteiger partial charge in [0.1, 0.15) is 6.10 Å². The molecule has 2 heterocycles. The number of hydrogen-bond acceptors (Lipinski definition) is 4. The smallest absolute Gasteiger partial charge is 0.310 e. The lowest BCUT2D eigenvalue weighted by Crippen LogP contribution is -2.40. The van der Waals surface area contributed by atoms with E-state index >= 15 is 0 Å². The molecule has 0 aromatic heterocycles. The Labute approximate surface area is 178 Å². The average Bonchev–Trinajstić information content (AvgIpc) is 3.32. The number of nitrogens with zero attached hydrogens (tertiary/aromatic N) is 1. The number of hydrogen-bond donors (Lipinski definition) is 1. The Kier molecular flexibility index (Phi) is 4.68. The van der Waals surface area contributed by atoms with Crippen molar-refractivity contribution >= 4 is 39.4 Å². The summed E-state index contributed by atoms with van der Waals surface area (Å²) >= 11 is 3.64. The topological polar surface area (TPSA) is 75.7 Å². The Morgan fingerprint density at radius 3 is 2.72 bits per heavy atom. The van der Waals surface area contributed by atoms with Crippen molar-refractivity contribution < 1.29 is 19.1 Å². The molecule has 4 fully saturated rings. The molecule has 0 radical (unpaired) electrons. The maximum absolute atomic E-state index is 13.1. The van der Waals surface area contributed by atoms with Gasteiger partial charge in [0, 0.05) is 30.3 Å². The van der Waals surface area contributed by atoms with Crippen LogP contribution in [-0.4, -0.2) is 46.7 Å². The van der Waals surface area contributed by atoms with Gasteiger partial charge < -0.3 is 15.0 Å². The van der Waals surface area contributed by atoms with Crippen LogP contribution in [0, 0.1) is 29.6 Å². The van der Waals surface area contributed by atoms with Crippen molar-refractivity contribution in [2.24, 2.45) is 29.6 Å². The van der Waals surface area contributed by atoms with Crippen LogP contribution in [0.3, 0.4) is 0 Å². The Bertz CT molecular complexity index is 866. The first-order valence-electron chi connectivity index (χ1n) is 10.5. The van der Waals surface area contributed by atoms with Crippen LogP contribution in [0.2, 0.25) is 0 Å². The van der Waals surface area contributed by atoms with E-state index in [1.54, 1.807) is 24.3 Å². The Morgan fingerprint density at radius 2 is 1.97 bits per heavy atom. The molecule has 2 saturated carbocycles. The predicted octanol–water partition coefficient (Wildman–Crippen LogP) is 3.07. The highest BCUT2D eigenvalue weighted by Crippen LogP contribution is 2.60. The van der Waals surface area contributed by atoms with E-state index in [1.165, 1.54) is 0 Å². The molecule has 0 spiro atoms. The molecule has 6 atom stereocenters. The molecule has 7 heteroatoms. The number of fused-ring (bicyclic) bond motifs is 1. The summed E-state index contributed by atoms with van der Waals surface area (Å²) in [5.41, 5.74) is 1.19. The number of carbonyl (C=O) groups is 3. The fourth-order valence-corrected chi connectivity index (χ4v) is 6.72. The standard InChI is InChI=1S/C22H25BrN2O4/c1-11-5-7-25(8-6-11)21(27)12-3-2-4-13(9-12)24-20(26)16-14-10-15-17(16)22(28)29-19(15)18(14)23/h2-4,9,11,14-19H,5-8,10H2,1H3,(H,24,26)/t14-,15-,16-,17+,18+,19+/m1/s1. The number of carbonyl (C=O) groups excluding carboxylic acids is 3. The molecule has 1 N–H and O–H groups in total. The molecule has 2 aliphatic carbocycles. The Morgan fingerprint density at radius 1 is 1.21 bits per heavy atom. The molecule has 1 aromatic rings. The van der Waals surface area contributed by atoms with Gasteiger partial charge in [0.2, 0.25) is 5.91 Å². The Hall–Kier alpha value is -1.89.